The van der Waals surface area contributed by atoms with E-state index in [9.17, 15) is 9.90 Å². The highest BCUT2D eigenvalue weighted by Crippen LogP contribution is 2.34. The van der Waals surface area contributed by atoms with E-state index in [0.29, 0.717) is 11.1 Å². The van der Waals surface area contributed by atoms with Crippen LogP contribution in [-0.2, 0) is 5.41 Å². The normalized spacial score (nSPS) is 11.0. The summed E-state index contributed by atoms with van der Waals surface area (Å²) in [5, 5.41) is 15.3. The topological polar surface area (TPSA) is 49.3 Å². The molecule has 3 rings (SSSR count). The first kappa shape index (κ1) is 20.7. The second-order valence-corrected chi connectivity index (χ2v) is 7.83. The minimum atomic E-state index is -0.228. The van der Waals surface area contributed by atoms with Gasteiger partial charge in [-0.05, 0) is 61.0 Å². The number of hydrogen-bond acceptors (Lipinski definition) is 3. The van der Waals surface area contributed by atoms with Gasteiger partial charge in [0.05, 0.1) is 0 Å². The van der Waals surface area contributed by atoms with Crippen LogP contribution in [0.5, 0.6) is 5.75 Å². The number of hydrogen-bond donors (Lipinski definition) is 2. The molecule has 3 aromatic carbocycles. The van der Waals surface area contributed by atoms with E-state index in [0.717, 1.165) is 21.9 Å². The lowest BCUT2D eigenvalue weighted by Gasteiger charge is -2.22. The Kier molecular flexibility index (Phi) is 6.40. The predicted molar refractivity (Wildman–Crippen MR) is 114 cm³/mol. The number of aryl methyl sites for hydroxylation is 1. The molecule has 2 N–H and O–H groups in total. The summed E-state index contributed by atoms with van der Waals surface area (Å²) in [6.07, 6.45) is 0. The Morgan fingerprint density at radius 1 is 0.889 bits per heavy atom. The lowest BCUT2D eigenvalue weighted by molar-refractivity contribution is 0.103. The van der Waals surface area contributed by atoms with Gasteiger partial charge in [0.2, 0.25) is 0 Å². The third kappa shape index (κ3) is 4.75. The number of benzene rings is 3. The van der Waals surface area contributed by atoms with Gasteiger partial charge in [0.25, 0.3) is 0 Å². The zero-order valence-corrected chi connectivity index (χ0v) is 17.1. The van der Waals surface area contributed by atoms with Crippen molar-refractivity contribution in [1.29, 1.82) is 0 Å². The zero-order valence-electron chi connectivity index (χ0n) is 17.1. The lowest BCUT2D eigenvalue weighted by Crippen LogP contribution is -2.14. The first-order valence-corrected chi connectivity index (χ1v) is 9.15. The molecule has 0 aliphatic rings. The van der Waals surface area contributed by atoms with E-state index in [2.05, 4.69) is 5.32 Å². The number of ketones is 1. The minimum absolute atomic E-state index is 0.0191. The fraction of sp³-hybridized carbons (Fsp3) is 0.292. The second-order valence-electron chi connectivity index (χ2n) is 7.83. The van der Waals surface area contributed by atoms with Gasteiger partial charge in [-0.15, -0.1) is 0 Å². The molecule has 3 heteroatoms. The maximum Gasteiger partial charge on any atom is 0.193 e. The van der Waals surface area contributed by atoms with Crippen LogP contribution in [-0.4, -0.2) is 25.0 Å². The summed E-state index contributed by atoms with van der Waals surface area (Å²) >= 11 is 0. The van der Waals surface area contributed by atoms with Crippen molar-refractivity contribution < 1.29 is 9.90 Å². The summed E-state index contributed by atoms with van der Waals surface area (Å²) in [5.41, 5.74) is 2.58. The summed E-state index contributed by atoms with van der Waals surface area (Å²) in [6.45, 7) is 7.94. The molecule has 3 aromatic rings. The molecule has 0 saturated carbocycles. The molecule has 0 heterocycles. The summed E-state index contributed by atoms with van der Waals surface area (Å²) in [5.74, 6) is 0.256. The number of phenols is 1. The first-order valence-electron chi connectivity index (χ1n) is 9.15. The zero-order chi connectivity index (χ0) is 20.2. The molecule has 0 atom stereocenters. The van der Waals surface area contributed by atoms with Gasteiger partial charge in [-0.1, -0.05) is 57.2 Å². The van der Waals surface area contributed by atoms with Gasteiger partial charge in [-0.25, -0.2) is 0 Å². The fourth-order valence-corrected chi connectivity index (χ4v) is 2.98. The van der Waals surface area contributed by atoms with Crippen molar-refractivity contribution in [2.45, 2.75) is 33.1 Å². The van der Waals surface area contributed by atoms with Crippen molar-refractivity contribution in [3.05, 3.63) is 76.9 Å². The van der Waals surface area contributed by atoms with Crippen LogP contribution in [0.1, 0.15) is 47.8 Å². The monoisotopic (exact) mass is 363 g/mol. The highest BCUT2D eigenvalue weighted by Gasteiger charge is 2.22. The molecule has 0 unspecified atom stereocenters. The van der Waals surface area contributed by atoms with E-state index in [-0.39, 0.29) is 16.9 Å². The molecule has 0 bridgehead atoms. The SMILES string of the molecule is CNC.Cc1cc(C(=O)c2ccc3ccccc3c2)cc(C(C)(C)C)c1O. The van der Waals surface area contributed by atoms with E-state index < -0.39 is 0 Å². The molecule has 0 amide bonds. The van der Waals surface area contributed by atoms with Gasteiger partial charge >= 0.3 is 0 Å². The molecular formula is C24H29NO2. The van der Waals surface area contributed by atoms with Gasteiger partial charge in [-0.2, -0.15) is 0 Å². The summed E-state index contributed by atoms with van der Waals surface area (Å²) in [6, 6.07) is 17.4. The van der Waals surface area contributed by atoms with Crippen LogP contribution >= 0.6 is 0 Å². The fourth-order valence-electron chi connectivity index (χ4n) is 2.98. The molecule has 142 valence electrons. The Balaban J connectivity index is 0.000000817. The van der Waals surface area contributed by atoms with Crippen LogP contribution in [0.25, 0.3) is 10.8 Å². The number of carbonyl (C=O) groups excluding carboxylic acids is 1. The quantitative estimate of drug-likeness (QED) is 0.614. The summed E-state index contributed by atoms with van der Waals surface area (Å²) in [4.78, 5) is 13.0. The van der Waals surface area contributed by atoms with E-state index in [1.807, 2.05) is 90.3 Å². The Morgan fingerprint density at radius 3 is 2.07 bits per heavy atom. The molecule has 0 aromatic heterocycles. The van der Waals surface area contributed by atoms with Crippen LogP contribution in [0.15, 0.2) is 54.6 Å². The number of rotatable bonds is 2. The molecule has 0 radical (unpaired) electrons. The molecule has 0 aliphatic heterocycles. The number of nitrogens with one attached hydrogen (secondary N) is 1. The molecule has 3 nitrogen and oxygen atoms in total. The van der Waals surface area contributed by atoms with E-state index in [1.54, 1.807) is 6.07 Å². The molecular weight excluding hydrogens is 334 g/mol. The van der Waals surface area contributed by atoms with Crippen molar-refractivity contribution in [2.75, 3.05) is 14.1 Å². The average molecular weight is 364 g/mol. The minimum Gasteiger partial charge on any atom is -0.507 e. The lowest BCUT2D eigenvalue weighted by atomic mass is 9.83. The maximum atomic E-state index is 13.0. The molecule has 0 saturated heterocycles. The van der Waals surface area contributed by atoms with Gasteiger partial charge < -0.3 is 10.4 Å². The van der Waals surface area contributed by atoms with E-state index in [4.69, 9.17) is 0 Å². The Bertz CT molecular complexity index is 952. The van der Waals surface area contributed by atoms with Crippen LogP contribution in [0.4, 0.5) is 0 Å². The summed E-state index contributed by atoms with van der Waals surface area (Å²) < 4.78 is 0. The number of carbonyl (C=O) groups is 1. The maximum absolute atomic E-state index is 13.0. The molecule has 27 heavy (non-hydrogen) atoms. The second kappa shape index (κ2) is 8.36. The van der Waals surface area contributed by atoms with Crippen LogP contribution in [0, 0.1) is 6.92 Å². The Morgan fingerprint density at radius 2 is 1.48 bits per heavy atom. The third-order valence-electron chi connectivity index (χ3n) is 4.38. The van der Waals surface area contributed by atoms with Crippen LogP contribution in [0.3, 0.4) is 0 Å². The van der Waals surface area contributed by atoms with E-state index in [1.165, 1.54) is 0 Å². The number of aromatic hydroxyl groups is 1. The third-order valence-corrected chi connectivity index (χ3v) is 4.38. The van der Waals surface area contributed by atoms with Crippen molar-refractivity contribution in [3.8, 4) is 5.75 Å². The van der Waals surface area contributed by atoms with Gasteiger partial charge in [0.15, 0.2) is 5.78 Å². The van der Waals surface area contributed by atoms with Crippen LogP contribution < -0.4 is 5.32 Å². The van der Waals surface area contributed by atoms with Crippen molar-refractivity contribution in [2.24, 2.45) is 0 Å². The highest BCUT2D eigenvalue weighted by molar-refractivity contribution is 6.11. The Hall–Kier alpha value is -2.65. The smallest absolute Gasteiger partial charge is 0.193 e. The predicted octanol–water partition coefficient (Wildman–Crippen LogP) is 5.22. The van der Waals surface area contributed by atoms with Crippen molar-refractivity contribution in [3.63, 3.8) is 0 Å². The van der Waals surface area contributed by atoms with Crippen molar-refractivity contribution in [1.82, 2.24) is 5.32 Å². The van der Waals surface area contributed by atoms with Gasteiger partial charge in [-0.3, -0.25) is 4.79 Å². The molecule has 0 fully saturated rings. The average Bonchev–Trinajstić information content (AvgIpc) is 2.62. The standard InChI is InChI=1S/C22H22O2.C2H7N/c1-14-11-18(13-19(20(14)23)22(2,3)4)21(24)17-10-9-15-7-5-6-8-16(15)12-17;1-3-2/h5-13,23H,1-4H3;3H,1-2H3. The largest absolute Gasteiger partial charge is 0.507 e. The molecule has 0 spiro atoms. The van der Waals surface area contributed by atoms with E-state index >= 15 is 0 Å². The molecule has 0 aliphatic carbocycles. The highest BCUT2D eigenvalue weighted by atomic mass is 16.3. The van der Waals surface area contributed by atoms with Crippen LogP contribution in [0.2, 0.25) is 0 Å². The number of phenolic OH excluding ortho intramolecular Hbond substituents is 1. The van der Waals surface area contributed by atoms with Crippen molar-refractivity contribution >= 4 is 16.6 Å². The first-order chi connectivity index (χ1) is 12.7. The van der Waals surface area contributed by atoms with Gasteiger partial charge in [0, 0.05) is 16.7 Å². The Labute approximate surface area is 162 Å². The van der Waals surface area contributed by atoms with Gasteiger partial charge in [0.1, 0.15) is 5.75 Å². The summed E-state index contributed by atoms with van der Waals surface area (Å²) in [7, 11) is 3.75. The number of fused-ring (bicyclic) bond motifs is 1.